The molecular formula is C45H64N2O10Si. The molecule has 12 nitrogen and oxygen atoms in total. The summed E-state index contributed by atoms with van der Waals surface area (Å²) in [6.45, 7) is 18.7. The molecule has 3 atom stereocenters. The molecule has 2 amide bonds. The van der Waals surface area contributed by atoms with Crippen molar-refractivity contribution in [3.8, 4) is 17.2 Å². The number of carbonyl (C=O) groups is 3. The highest BCUT2D eigenvalue weighted by Crippen LogP contribution is 2.51. The van der Waals surface area contributed by atoms with Crippen molar-refractivity contribution in [1.29, 1.82) is 0 Å². The molecule has 1 heterocycles. The van der Waals surface area contributed by atoms with Crippen molar-refractivity contribution in [3.63, 3.8) is 0 Å². The number of ether oxygens (including phenoxy) is 6. The maximum atomic E-state index is 15.4. The molecule has 1 N–H and O–H groups in total. The Morgan fingerprint density at radius 1 is 0.845 bits per heavy atom. The van der Waals surface area contributed by atoms with Gasteiger partial charge in [-0.3, -0.25) is 4.79 Å². The van der Waals surface area contributed by atoms with Crippen LogP contribution in [0.15, 0.2) is 60.7 Å². The lowest BCUT2D eigenvalue weighted by Gasteiger charge is -2.44. The van der Waals surface area contributed by atoms with Crippen LogP contribution in [0.5, 0.6) is 17.2 Å². The van der Waals surface area contributed by atoms with Crippen LogP contribution in [-0.4, -0.2) is 83.4 Å². The van der Waals surface area contributed by atoms with Crippen LogP contribution >= 0.6 is 0 Å². The van der Waals surface area contributed by atoms with Gasteiger partial charge in [0.15, 0.2) is 19.8 Å². The maximum absolute atomic E-state index is 15.4. The van der Waals surface area contributed by atoms with Crippen LogP contribution in [0.2, 0.25) is 18.1 Å². The zero-order chi connectivity index (χ0) is 42.8. The molecule has 0 unspecified atom stereocenters. The quantitative estimate of drug-likeness (QED) is 0.0804. The van der Waals surface area contributed by atoms with E-state index in [4.69, 9.17) is 32.8 Å². The molecule has 0 saturated heterocycles. The third-order valence-electron chi connectivity index (χ3n) is 10.8. The molecule has 0 saturated carbocycles. The smallest absolute Gasteiger partial charge is 0.408 e. The summed E-state index contributed by atoms with van der Waals surface area (Å²) in [6.07, 6.45) is -0.0648. The van der Waals surface area contributed by atoms with Crippen molar-refractivity contribution in [1.82, 2.24) is 10.2 Å². The summed E-state index contributed by atoms with van der Waals surface area (Å²) in [5.41, 5.74) is 2.93. The SMILES string of the molecule is COC(=O)[C@@H]1Cc2c(OC)c(C)c(OC)c(OCc3ccccc3)c2[C@H](COCc2ccccc2)N1C(=O)[C@H](CCCO[Si](C)(C)C(C)(C)C)NC(=O)OC(C)(C)C. The minimum Gasteiger partial charge on any atom is -0.496 e. The standard InChI is InChI=1S/C45H64N2O10Si/c1-30-38(51-8)33-26-35(42(49)53-10)47(41(48)34(46-43(50)57-44(2,3)4)24-19-25-56-58(11,12)45(5,6)7)36(29-54-27-31-20-15-13-16-21-31)37(33)40(39(30)52-9)55-28-32-22-17-14-18-23-32/h13-18,20-23,34-36H,19,24-29H2,1-12H3,(H,46,50)/t34-,35-,36-/m0/s1. The number of alkyl carbamates (subject to hydrolysis) is 1. The normalized spacial score (nSPS) is 16.2. The number of carbonyl (C=O) groups excluding carboxylic acids is 3. The highest BCUT2D eigenvalue weighted by Gasteiger charge is 2.48. The van der Waals surface area contributed by atoms with Crippen LogP contribution < -0.4 is 19.5 Å². The Kier molecular flexibility index (Phi) is 15.8. The van der Waals surface area contributed by atoms with Gasteiger partial charge in [0.25, 0.3) is 0 Å². The Morgan fingerprint density at radius 2 is 1.43 bits per heavy atom. The minimum atomic E-state index is -2.11. The van der Waals surface area contributed by atoms with E-state index in [0.29, 0.717) is 47.0 Å². The number of nitrogens with one attached hydrogen (secondary N) is 1. The average Bonchev–Trinajstić information content (AvgIpc) is 3.16. The fourth-order valence-electron chi connectivity index (χ4n) is 6.86. The molecule has 3 aromatic rings. The second kappa shape index (κ2) is 19.9. The van der Waals surface area contributed by atoms with E-state index in [1.54, 1.807) is 35.0 Å². The van der Waals surface area contributed by atoms with E-state index in [1.165, 1.54) is 12.0 Å². The molecule has 318 valence electrons. The monoisotopic (exact) mass is 820 g/mol. The van der Waals surface area contributed by atoms with Crippen molar-refractivity contribution in [3.05, 3.63) is 88.5 Å². The summed E-state index contributed by atoms with van der Waals surface area (Å²) >= 11 is 0. The summed E-state index contributed by atoms with van der Waals surface area (Å²) in [5, 5.41) is 2.83. The van der Waals surface area contributed by atoms with Crippen molar-refractivity contribution in [2.75, 3.05) is 34.5 Å². The Morgan fingerprint density at radius 3 is 1.97 bits per heavy atom. The van der Waals surface area contributed by atoms with Gasteiger partial charge in [-0.15, -0.1) is 0 Å². The van der Waals surface area contributed by atoms with Crippen molar-refractivity contribution in [2.45, 2.75) is 123 Å². The van der Waals surface area contributed by atoms with Gasteiger partial charge in [-0.25, -0.2) is 9.59 Å². The van der Waals surface area contributed by atoms with Crippen LogP contribution in [0.25, 0.3) is 0 Å². The predicted octanol–water partition coefficient (Wildman–Crippen LogP) is 8.47. The van der Waals surface area contributed by atoms with E-state index >= 15 is 4.79 Å². The van der Waals surface area contributed by atoms with Gasteiger partial charge in [0.1, 0.15) is 30.0 Å². The van der Waals surface area contributed by atoms with Gasteiger partial charge in [-0.2, -0.15) is 0 Å². The highest BCUT2D eigenvalue weighted by atomic mass is 28.4. The molecular weight excluding hydrogens is 757 g/mol. The van der Waals surface area contributed by atoms with E-state index in [9.17, 15) is 9.59 Å². The second-order valence-electron chi connectivity index (χ2n) is 17.1. The molecule has 0 fully saturated rings. The van der Waals surface area contributed by atoms with Crippen LogP contribution in [0.1, 0.15) is 88.2 Å². The lowest BCUT2D eigenvalue weighted by Crippen LogP contribution is -2.58. The lowest BCUT2D eigenvalue weighted by molar-refractivity contribution is -0.158. The molecule has 58 heavy (non-hydrogen) atoms. The lowest BCUT2D eigenvalue weighted by atomic mass is 9.84. The van der Waals surface area contributed by atoms with Crippen LogP contribution in [0.3, 0.4) is 0 Å². The number of fused-ring (bicyclic) bond motifs is 1. The number of rotatable bonds is 17. The van der Waals surface area contributed by atoms with E-state index in [2.05, 4.69) is 39.2 Å². The molecule has 13 heteroatoms. The van der Waals surface area contributed by atoms with Crippen LogP contribution in [-0.2, 0) is 47.9 Å². The molecule has 0 radical (unpaired) electrons. The van der Waals surface area contributed by atoms with E-state index in [0.717, 1.165) is 11.1 Å². The number of amides is 2. The molecule has 4 rings (SSSR count). The summed E-state index contributed by atoms with van der Waals surface area (Å²) in [7, 11) is 2.30. The largest absolute Gasteiger partial charge is 0.496 e. The maximum Gasteiger partial charge on any atom is 0.408 e. The topological polar surface area (TPSA) is 131 Å². The highest BCUT2D eigenvalue weighted by molar-refractivity contribution is 6.74. The van der Waals surface area contributed by atoms with E-state index < -0.39 is 50.0 Å². The first kappa shape index (κ1) is 46.1. The van der Waals surface area contributed by atoms with Crippen molar-refractivity contribution >= 4 is 26.3 Å². The molecule has 3 aromatic carbocycles. The molecule has 0 aliphatic carbocycles. The molecule has 0 aromatic heterocycles. The average molecular weight is 821 g/mol. The number of methoxy groups -OCH3 is 3. The number of nitrogens with zero attached hydrogens (tertiary/aromatic N) is 1. The fraction of sp³-hybridized carbons (Fsp3) is 0.533. The van der Waals surface area contributed by atoms with Crippen LogP contribution in [0.4, 0.5) is 4.79 Å². The van der Waals surface area contributed by atoms with Crippen molar-refractivity contribution < 1.29 is 47.2 Å². The van der Waals surface area contributed by atoms with Gasteiger partial charge in [-0.1, -0.05) is 81.4 Å². The minimum absolute atomic E-state index is 0.0142. The second-order valence-corrected chi connectivity index (χ2v) is 22.0. The summed E-state index contributed by atoms with van der Waals surface area (Å²) in [6, 6.07) is 16.2. The van der Waals surface area contributed by atoms with Gasteiger partial charge >= 0.3 is 12.1 Å². The predicted molar refractivity (Wildman–Crippen MR) is 226 cm³/mol. The number of hydrogen-bond acceptors (Lipinski definition) is 10. The van der Waals surface area contributed by atoms with E-state index in [1.807, 2.05) is 67.6 Å². The van der Waals surface area contributed by atoms with Crippen molar-refractivity contribution in [2.24, 2.45) is 0 Å². The van der Waals surface area contributed by atoms with Gasteiger partial charge in [0.2, 0.25) is 5.91 Å². The summed E-state index contributed by atoms with van der Waals surface area (Å²) < 4.78 is 42.7. The Hall–Kier alpha value is -4.59. The summed E-state index contributed by atoms with van der Waals surface area (Å²) in [5.74, 6) is 0.175. The Labute approximate surface area is 345 Å². The number of esters is 1. The van der Waals surface area contributed by atoms with E-state index in [-0.39, 0.29) is 37.7 Å². The third kappa shape index (κ3) is 11.5. The van der Waals surface area contributed by atoms with Gasteiger partial charge in [-0.05, 0) is 69.8 Å². The zero-order valence-electron chi connectivity index (χ0n) is 36.5. The molecule has 1 aliphatic heterocycles. The van der Waals surface area contributed by atoms with Gasteiger partial charge < -0.3 is 43.1 Å². The Balaban J connectivity index is 1.89. The first-order chi connectivity index (χ1) is 27.3. The van der Waals surface area contributed by atoms with Crippen LogP contribution in [0, 0.1) is 6.92 Å². The zero-order valence-corrected chi connectivity index (χ0v) is 37.5. The van der Waals surface area contributed by atoms with Gasteiger partial charge in [0, 0.05) is 29.7 Å². The Bertz CT molecular complexity index is 1840. The molecule has 0 bridgehead atoms. The summed E-state index contributed by atoms with van der Waals surface area (Å²) in [4.78, 5) is 44.2. The fourth-order valence-corrected chi connectivity index (χ4v) is 7.95. The third-order valence-corrected chi connectivity index (χ3v) is 15.3. The molecule has 1 aliphatic rings. The first-order valence-electron chi connectivity index (χ1n) is 19.9. The first-order valence-corrected chi connectivity index (χ1v) is 22.8. The number of hydrogen-bond donors (Lipinski definition) is 1. The number of benzene rings is 3. The molecule has 0 spiro atoms. The van der Waals surface area contributed by atoms with Gasteiger partial charge in [0.05, 0.1) is 40.6 Å².